The first-order chi connectivity index (χ1) is 11.6. The number of hydrogen-bond donors (Lipinski definition) is 1. The molecule has 3 rings (SSSR count). The van der Waals surface area contributed by atoms with Crippen molar-refractivity contribution in [2.45, 2.75) is 64.8 Å². The number of amides is 1. The highest BCUT2D eigenvalue weighted by Crippen LogP contribution is 2.27. The average molecular weight is 329 g/mol. The Kier molecular flexibility index (Phi) is 5.88. The molecular formula is C20H31N3O. The van der Waals surface area contributed by atoms with Crippen LogP contribution in [0.2, 0.25) is 0 Å². The summed E-state index contributed by atoms with van der Waals surface area (Å²) in [6.45, 7) is 7.58. The van der Waals surface area contributed by atoms with Crippen molar-refractivity contribution in [3.05, 3.63) is 29.1 Å². The number of aromatic nitrogens is 1. The highest BCUT2D eigenvalue weighted by atomic mass is 16.1. The maximum Gasteiger partial charge on any atom is 0.253 e. The zero-order chi connectivity index (χ0) is 16.9. The Bertz CT molecular complexity index is 566. The highest BCUT2D eigenvalue weighted by Gasteiger charge is 2.29. The number of pyridine rings is 1. The van der Waals surface area contributed by atoms with E-state index in [9.17, 15) is 4.79 Å². The van der Waals surface area contributed by atoms with Crippen LogP contribution in [0, 0.1) is 19.8 Å². The van der Waals surface area contributed by atoms with Crippen LogP contribution in [0.15, 0.2) is 12.3 Å². The van der Waals surface area contributed by atoms with Crippen LogP contribution < -0.4 is 5.32 Å². The molecule has 1 aliphatic heterocycles. The molecule has 4 nitrogen and oxygen atoms in total. The van der Waals surface area contributed by atoms with Crippen molar-refractivity contribution in [2.24, 2.45) is 5.92 Å². The van der Waals surface area contributed by atoms with E-state index in [0.29, 0.717) is 12.0 Å². The van der Waals surface area contributed by atoms with Gasteiger partial charge in [0.05, 0.1) is 5.56 Å². The third-order valence-electron chi connectivity index (χ3n) is 5.66. The third-order valence-corrected chi connectivity index (χ3v) is 5.66. The first-order valence-corrected chi connectivity index (χ1v) is 9.60. The Morgan fingerprint density at radius 2 is 1.92 bits per heavy atom. The molecule has 0 aromatic carbocycles. The van der Waals surface area contributed by atoms with Crippen molar-refractivity contribution >= 4 is 5.91 Å². The van der Waals surface area contributed by atoms with Gasteiger partial charge in [0.25, 0.3) is 5.91 Å². The van der Waals surface area contributed by atoms with Gasteiger partial charge in [0.1, 0.15) is 0 Å². The fourth-order valence-electron chi connectivity index (χ4n) is 4.27. The number of carbonyl (C=O) groups excluding carboxylic acids is 1. The first kappa shape index (κ1) is 17.4. The predicted molar refractivity (Wildman–Crippen MR) is 97.2 cm³/mol. The molecule has 0 spiro atoms. The topological polar surface area (TPSA) is 45.2 Å². The summed E-state index contributed by atoms with van der Waals surface area (Å²) in [4.78, 5) is 19.6. The van der Waals surface area contributed by atoms with Gasteiger partial charge in [0.2, 0.25) is 0 Å². The van der Waals surface area contributed by atoms with Crippen LogP contribution in [0.4, 0.5) is 0 Å². The van der Waals surface area contributed by atoms with E-state index < -0.39 is 0 Å². The summed E-state index contributed by atoms with van der Waals surface area (Å²) in [5.41, 5.74) is 2.70. The van der Waals surface area contributed by atoms with Crippen molar-refractivity contribution in [1.82, 2.24) is 15.2 Å². The smallest absolute Gasteiger partial charge is 0.253 e. The second kappa shape index (κ2) is 8.11. The number of nitrogens with one attached hydrogen (secondary N) is 1. The number of likely N-dealkylation sites (tertiary alicyclic amines) is 1. The maximum atomic E-state index is 12.7. The van der Waals surface area contributed by atoms with Crippen molar-refractivity contribution in [1.29, 1.82) is 0 Å². The Morgan fingerprint density at radius 3 is 2.67 bits per heavy atom. The lowest BCUT2D eigenvalue weighted by Crippen LogP contribution is -2.47. The zero-order valence-electron chi connectivity index (χ0n) is 15.2. The molecule has 1 saturated carbocycles. The van der Waals surface area contributed by atoms with E-state index in [1.807, 2.05) is 19.9 Å². The minimum atomic E-state index is 0.0514. The third kappa shape index (κ3) is 4.35. The molecule has 0 radical (unpaired) electrons. The molecule has 1 N–H and O–H groups in total. The van der Waals surface area contributed by atoms with Gasteiger partial charge in [-0.25, -0.2) is 0 Å². The highest BCUT2D eigenvalue weighted by molar-refractivity contribution is 5.95. The molecule has 1 aromatic heterocycles. The van der Waals surface area contributed by atoms with Gasteiger partial charge in [-0.3, -0.25) is 9.78 Å². The summed E-state index contributed by atoms with van der Waals surface area (Å²) in [6.07, 6.45) is 10.6. The molecule has 24 heavy (non-hydrogen) atoms. The molecule has 2 fully saturated rings. The summed E-state index contributed by atoms with van der Waals surface area (Å²) in [7, 11) is 0. The Balaban J connectivity index is 1.63. The van der Waals surface area contributed by atoms with E-state index in [2.05, 4.69) is 15.2 Å². The van der Waals surface area contributed by atoms with Gasteiger partial charge in [-0.2, -0.15) is 0 Å². The van der Waals surface area contributed by atoms with Crippen molar-refractivity contribution in [2.75, 3.05) is 19.6 Å². The minimum Gasteiger partial charge on any atom is -0.349 e. The van der Waals surface area contributed by atoms with Crippen LogP contribution >= 0.6 is 0 Å². The van der Waals surface area contributed by atoms with Gasteiger partial charge in [0.15, 0.2) is 0 Å². The lowest BCUT2D eigenvalue weighted by Gasteiger charge is -2.37. The molecule has 1 amide bonds. The van der Waals surface area contributed by atoms with Crippen LogP contribution in [0.5, 0.6) is 0 Å². The van der Waals surface area contributed by atoms with Gasteiger partial charge in [0, 0.05) is 24.5 Å². The minimum absolute atomic E-state index is 0.0514. The van der Waals surface area contributed by atoms with E-state index in [1.165, 1.54) is 51.6 Å². The number of rotatable bonds is 4. The predicted octanol–water partition coefficient (Wildman–Crippen LogP) is 3.47. The van der Waals surface area contributed by atoms with E-state index in [4.69, 9.17) is 0 Å². The standard InChI is InChI=1S/C20H31N3O/c1-15-12-16(2)21-13-18(15)20(24)22-19-9-5-4-8-17(19)14-23-10-6-3-7-11-23/h12-13,17,19H,3-11,14H2,1-2H3,(H,22,24)/t17-,19+/m0/s1. The number of aryl methyl sites for hydroxylation is 2. The van der Waals surface area contributed by atoms with E-state index >= 15 is 0 Å². The SMILES string of the molecule is Cc1cc(C)c(C(=O)N[C@@H]2CCCC[C@H]2CN2CCCCC2)cn1. The molecule has 0 unspecified atom stereocenters. The van der Waals surface area contributed by atoms with Gasteiger partial charge < -0.3 is 10.2 Å². The largest absolute Gasteiger partial charge is 0.349 e. The van der Waals surface area contributed by atoms with Gasteiger partial charge in [-0.1, -0.05) is 19.3 Å². The molecule has 1 saturated heterocycles. The molecule has 0 bridgehead atoms. The molecule has 2 heterocycles. The summed E-state index contributed by atoms with van der Waals surface area (Å²) < 4.78 is 0. The van der Waals surface area contributed by atoms with Crippen LogP contribution in [0.25, 0.3) is 0 Å². The number of carbonyl (C=O) groups is 1. The molecule has 132 valence electrons. The average Bonchev–Trinajstić information content (AvgIpc) is 2.57. The summed E-state index contributed by atoms with van der Waals surface area (Å²) in [5, 5.41) is 3.33. The van der Waals surface area contributed by atoms with Crippen LogP contribution in [-0.4, -0.2) is 41.5 Å². The summed E-state index contributed by atoms with van der Waals surface area (Å²) in [6, 6.07) is 2.30. The molecular weight excluding hydrogens is 298 g/mol. The summed E-state index contributed by atoms with van der Waals surface area (Å²) >= 11 is 0. The van der Waals surface area contributed by atoms with E-state index in [0.717, 1.165) is 29.8 Å². The van der Waals surface area contributed by atoms with E-state index in [-0.39, 0.29) is 5.91 Å². The maximum absolute atomic E-state index is 12.7. The van der Waals surface area contributed by atoms with Crippen LogP contribution in [0.3, 0.4) is 0 Å². The Morgan fingerprint density at radius 1 is 1.17 bits per heavy atom. The van der Waals surface area contributed by atoms with Gasteiger partial charge in [-0.15, -0.1) is 0 Å². The monoisotopic (exact) mass is 329 g/mol. The molecule has 2 atom stereocenters. The number of hydrogen-bond acceptors (Lipinski definition) is 3. The second-order valence-corrected chi connectivity index (χ2v) is 7.63. The lowest BCUT2D eigenvalue weighted by atomic mass is 9.83. The van der Waals surface area contributed by atoms with E-state index in [1.54, 1.807) is 6.20 Å². The van der Waals surface area contributed by atoms with Gasteiger partial charge in [-0.05, 0) is 70.2 Å². The van der Waals surface area contributed by atoms with Crippen LogP contribution in [-0.2, 0) is 0 Å². The molecule has 1 aromatic rings. The molecule has 4 heteroatoms. The normalized spacial score (nSPS) is 25.4. The zero-order valence-corrected chi connectivity index (χ0v) is 15.2. The van der Waals surface area contributed by atoms with Crippen molar-refractivity contribution in [3.8, 4) is 0 Å². The molecule has 2 aliphatic rings. The number of piperidine rings is 1. The van der Waals surface area contributed by atoms with Gasteiger partial charge >= 0.3 is 0 Å². The van der Waals surface area contributed by atoms with Crippen LogP contribution in [0.1, 0.15) is 66.6 Å². The lowest BCUT2D eigenvalue weighted by molar-refractivity contribution is 0.0876. The fourth-order valence-corrected chi connectivity index (χ4v) is 4.27. The first-order valence-electron chi connectivity index (χ1n) is 9.60. The van der Waals surface area contributed by atoms with Crippen molar-refractivity contribution < 1.29 is 4.79 Å². The summed E-state index contributed by atoms with van der Waals surface area (Å²) in [5.74, 6) is 0.648. The quantitative estimate of drug-likeness (QED) is 0.920. The number of nitrogens with zero attached hydrogens (tertiary/aromatic N) is 2. The van der Waals surface area contributed by atoms with Crippen molar-refractivity contribution in [3.63, 3.8) is 0 Å². The Labute approximate surface area is 146 Å². The second-order valence-electron chi connectivity index (χ2n) is 7.63. The fraction of sp³-hybridized carbons (Fsp3) is 0.700. The molecule has 1 aliphatic carbocycles. The Hall–Kier alpha value is -1.42.